The number of carbonyl (C=O) groups excluding carboxylic acids is 1. The van der Waals surface area contributed by atoms with Gasteiger partial charge in [0.05, 0.1) is 12.0 Å². The van der Waals surface area contributed by atoms with Gasteiger partial charge in [-0.2, -0.15) is 0 Å². The van der Waals surface area contributed by atoms with Crippen LogP contribution in [0.25, 0.3) is 0 Å². The summed E-state index contributed by atoms with van der Waals surface area (Å²) < 4.78 is 5.58. The third-order valence-corrected chi connectivity index (χ3v) is 4.63. The van der Waals surface area contributed by atoms with Crippen molar-refractivity contribution < 1.29 is 14.6 Å². The molecule has 2 aromatic rings. The fourth-order valence-electron chi connectivity index (χ4n) is 3.13. The van der Waals surface area contributed by atoms with Crippen LogP contribution in [0.3, 0.4) is 0 Å². The van der Waals surface area contributed by atoms with Gasteiger partial charge in [-0.1, -0.05) is 60.7 Å². The molecule has 0 aliphatic rings. The second-order valence-corrected chi connectivity index (χ2v) is 8.24. The predicted molar refractivity (Wildman–Crippen MR) is 111 cm³/mol. The maximum atomic E-state index is 12.8. The Hall–Kier alpha value is -2.21. The van der Waals surface area contributed by atoms with E-state index in [1.54, 1.807) is 0 Å². The van der Waals surface area contributed by atoms with Crippen molar-refractivity contribution in [2.24, 2.45) is 17.4 Å². The molecule has 0 radical (unpaired) electrons. The van der Waals surface area contributed by atoms with Gasteiger partial charge in [0.25, 0.3) is 0 Å². The second kappa shape index (κ2) is 9.82. The van der Waals surface area contributed by atoms with Crippen LogP contribution in [0.4, 0.5) is 0 Å². The minimum absolute atomic E-state index is 0.186. The molecule has 2 aromatic carbocycles. The summed E-state index contributed by atoms with van der Waals surface area (Å²) in [6.45, 7) is 5.49. The standard InChI is InChI=1S/C23H32N2O3/c1-23(2,3)28-22(27)18(14-16-10-6-4-7-11-16)15-19(26)21(25)20(24)17-12-8-5-9-13-17/h4-13,18-21,26H,14-15,24-25H2,1-3H3/t18-,19-,20?,21+/m0/s1. The zero-order chi connectivity index (χ0) is 20.7. The van der Waals surface area contributed by atoms with Gasteiger partial charge >= 0.3 is 5.97 Å². The van der Waals surface area contributed by atoms with E-state index >= 15 is 0 Å². The molecular weight excluding hydrogens is 352 g/mol. The maximum Gasteiger partial charge on any atom is 0.309 e. The van der Waals surface area contributed by atoms with E-state index < -0.39 is 29.7 Å². The summed E-state index contributed by atoms with van der Waals surface area (Å²) in [6.07, 6.45) is -0.276. The minimum Gasteiger partial charge on any atom is -0.460 e. The molecule has 0 saturated heterocycles. The molecule has 0 amide bonds. The number of benzene rings is 2. The summed E-state index contributed by atoms with van der Waals surface area (Å²) in [5.41, 5.74) is 13.7. The van der Waals surface area contributed by atoms with Gasteiger partial charge in [0, 0.05) is 12.1 Å². The summed E-state index contributed by atoms with van der Waals surface area (Å²) in [6, 6.07) is 17.9. The first-order chi connectivity index (χ1) is 13.2. The van der Waals surface area contributed by atoms with Crippen LogP contribution in [0.15, 0.2) is 60.7 Å². The highest BCUT2D eigenvalue weighted by Crippen LogP contribution is 2.23. The summed E-state index contributed by atoms with van der Waals surface area (Å²) in [5.74, 6) is -0.846. The number of hydrogen-bond donors (Lipinski definition) is 3. The van der Waals surface area contributed by atoms with Gasteiger partial charge in [0.1, 0.15) is 5.60 Å². The average molecular weight is 385 g/mol. The van der Waals surface area contributed by atoms with Crippen molar-refractivity contribution in [3.8, 4) is 0 Å². The van der Waals surface area contributed by atoms with Crippen LogP contribution >= 0.6 is 0 Å². The van der Waals surface area contributed by atoms with Crippen LogP contribution in [0.2, 0.25) is 0 Å². The van der Waals surface area contributed by atoms with Crippen LogP contribution in [0.5, 0.6) is 0 Å². The molecule has 0 bridgehead atoms. The summed E-state index contributed by atoms with van der Waals surface area (Å²) in [7, 11) is 0. The largest absolute Gasteiger partial charge is 0.460 e. The van der Waals surface area contributed by atoms with E-state index in [1.807, 2.05) is 81.4 Å². The van der Waals surface area contributed by atoms with Gasteiger partial charge in [-0.3, -0.25) is 4.79 Å². The highest BCUT2D eigenvalue weighted by Gasteiger charge is 2.31. The number of aliphatic hydroxyl groups is 1. The van der Waals surface area contributed by atoms with Crippen molar-refractivity contribution in [3.05, 3.63) is 71.8 Å². The number of carbonyl (C=O) groups is 1. The number of rotatable bonds is 8. The SMILES string of the molecule is CC(C)(C)OC(=O)[C@@H](Cc1ccccc1)C[C@H](O)[C@@H](N)C(N)c1ccccc1. The highest BCUT2D eigenvalue weighted by molar-refractivity contribution is 5.73. The van der Waals surface area contributed by atoms with Crippen molar-refractivity contribution >= 4 is 5.97 Å². The number of nitrogens with two attached hydrogens (primary N) is 2. The summed E-state index contributed by atoms with van der Waals surface area (Å²) in [4.78, 5) is 12.8. The molecule has 0 aromatic heterocycles. The first-order valence-electron chi connectivity index (χ1n) is 9.68. The van der Waals surface area contributed by atoms with Gasteiger partial charge < -0.3 is 21.3 Å². The highest BCUT2D eigenvalue weighted by atomic mass is 16.6. The molecule has 1 unspecified atom stereocenters. The maximum absolute atomic E-state index is 12.8. The summed E-state index contributed by atoms with van der Waals surface area (Å²) >= 11 is 0. The molecular formula is C23H32N2O3. The lowest BCUT2D eigenvalue weighted by Crippen LogP contribution is -2.45. The molecule has 0 aliphatic carbocycles. The molecule has 5 N–H and O–H groups in total. The molecule has 0 fully saturated rings. The Balaban J connectivity index is 2.12. The van der Waals surface area contributed by atoms with E-state index in [2.05, 4.69) is 0 Å². The van der Waals surface area contributed by atoms with Gasteiger partial charge in [0.2, 0.25) is 0 Å². The predicted octanol–water partition coefficient (Wildman–Crippen LogP) is 2.97. The normalized spacial score (nSPS) is 16.1. The van der Waals surface area contributed by atoms with Crippen LogP contribution < -0.4 is 11.5 Å². The quantitative estimate of drug-likeness (QED) is 0.608. The monoisotopic (exact) mass is 384 g/mol. The molecule has 28 heavy (non-hydrogen) atoms. The van der Waals surface area contributed by atoms with Crippen LogP contribution in [0, 0.1) is 5.92 Å². The van der Waals surface area contributed by atoms with Gasteiger partial charge in [-0.05, 0) is 44.7 Å². The van der Waals surface area contributed by atoms with E-state index in [-0.39, 0.29) is 12.4 Å². The Morgan fingerprint density at radius 3 is 2.07 bits per heavy atom. The van der Waals surface area contributed by atoms with Gasteiger partial charge in [-0.25, -0.2) is 0 Å². The fraction of sp³-hybridized carbons (Fsp3) is 0.435. The molecule has 0 saturated carbocycles. The molecule has 4 atom stereocenters. The average Bonchev–Trinajstić information content (AvgIpc) is 2.66. The smallest absolute Gasteiger partial charge is 0.309 e. The molecule has 2 rings (SSSR count). The third-order valence-electron chi connectivity index (χ3n) is 4.63. The molecule has 5 heteroatoms. The second-order valence-electron chi connectivity index (χ2n) is 8.24. The van der Waals surface area contributed by atoms with Crippen LogP contribution in [-0.4, -0.2) is 28.8 Å². The lowest BCUT2D eigenvalue weighted by atomic mass is 9.88. The number of ether oxygens (including phenoxy) is 1. The van der Waals surface area contributed by atoms with E-state index in [0.29, 0.717) is 6.42 Å². The molecule has 0 aliphatic heterocycles. The zero-order valence-electron chi connectivity index (χ0n) is 16.9. The van der Waals surface area contributed by atoms with Crippen molar-refractivity contribution in [2.45, 2.75) is 57.4 Å². The third kappa shape index (κ3) is 6.75. The lowest BCUT2D eigenvalue weighted by Gasteiger charge is -2.29. The minimum atomic E-state index is -0.934. The fourth-order valence-corrected chi connectivity index (χ4v) is 3.13. The number of aliphatic hydroxyl groups excluding tert-OH is 1. The Morgan fingerprint density at radius 2 is 1.54 bits per heavy atom. The molecule has 5 nitrogen and oxygen atoms in total. The zero-order valence-corrected chi connectivity index (χ0v) is 16.9. The Morgan fingerprint density at radius 1 is 1.00 bits per heavy atom. The Kier molecular flexibility index (Phi) is 7.75. The van der Waals surface area contributed by atoms with Crippen LogP contribution in [-0.2, 0) is 16.0 Å². The summed E-state index contributed by atoms with van der Waals surface area (Å²) in [5, 5.41) is 10.7. The Bertz CT molecular complexity index is 729. The lowest BCUT2D eigenvalue weighted by molar-refractivity contribution is -0.161. The molecule has 0 spiro atoms. The van der Waals surface area contributed by atoms with E-state index in [0.717, 1.165) is 11.1 Å². The first-order valence-corrected chi connectivity index (χ1v) is 9.68. The number of hydrogen-bond acceptors (Lipinski definition) is 5. The first kappa shape index (κ1) is 22.1. The van der Waals surface area contributed by atoms with E-state index in [4.69, 9.17) is 16.2 Å². The van der Waals surface area contributed by atoms with Gasteiger partial charge in [0.15, 0.2) is 0 Å². The topological polar surface area (TPSA) is 98.6 Å². The van der Waals surface area contributed by atoms with E-state index in [1.165, 1.54) is 0 Å². The van der Waals surface area contributed by atoms with Crippen molar-refractivity contribution in [3.63, 3.8) is 0 Å². The van der Waals surface area contributed by atoms with E-state index in [9.17, 15) is 9.90 Å². The van der Waals surface area contributed by atoms with Crippen molar-refractivity contribution in [2.75, 3.05) is 0 Å². The Labute approximate surface area is 167 Å². The van der Waals surface area contributed by atoms with Gasteiger partial charge in [-0.15, -0.1) is 0 Å². The van der Waals surface area contributed by atoms with Crippen LogP contribution in [0.1, 0.15) is 44.4 Å². The molecule has 152 valence electrons. The van der Waals surface area contributed by atoms with Crippen molar-refractivity contribution in [1.82, 2.24) is 0 Å². The van der Waals surface area contributed by atoms with Crippen molar-refractivity contribution in [1.29, 1.82) is 0 Å². The molecule has 0 heterocycles. The number of esters is 1.